The molecule has 1 aliphatic heterocycles. The predicted octanol–water partition coefficient (Wildman–Crippen LogP) is 6.16. The fraction of sp³-hybridized carbons (Fsp3) is 0.947. The molecule has 0 saturated heterocycles. The molecule has 0 bridgehead atoms. The zero-order chi connectivity index (χ0) is 15.9. The van der Waals surface area contributed by atoms with E-state index in [9.17, 15) is 0 Å². The monoisotopic (exact) mass is 326 g/mol. The molecule has 0 spiro atoms. The zero-order valence-electron chi connectivity index (χ0n) is 15.0. The number of hydrogen-bond acceptors (Lipinski definition) is 3. The fourth-order valence-corrected chi connectivity index (χ4v) is 4.24. The van der Waals surface area contributed by atoms with Gasteiger partial charge >= 0.3 is 0 Å². The van der Waals surface area contributed by atoms with Crippen LogP contribution in [0.5, 0.6) is 0 Å². The van der Waals surface area contributed by atoms with Crippen molar-refractivity contribution in [2.45, 2.75) is 103 Å². The van der Waals surface area contributed by atoms with Crippen LogP contribution in [0.25, 0.3) is 0 Å². The second kappa shape index (κ2) is 14.4. The second-order valence-electron chi connectivity index (χ2n) is 6.61. The zero-order valence-corrected chi connectivity index (χ0v) is 15.9. The first-order chi connectivity index (χ1) is 10.9. The number of aliphatic imine (C=N–C) groups is 1. The molecule has 1 heterocycles. The Bertz CT molecular complexity index is 279. The number of unbranched alkanes of at least 4 members (excludes halogenated alkanes) is 9. The Labute approximate surface area is 143 Å². The summed E-state index contributed by atoms with van der Waals surface area (Å²) in [6.45, 7) is 6.60. The Hall–Kier alpha value is -0.180. The van der Waals surface area contributed by atoms with E-state index in [-0.39, 0.29) is 0 Å². The Morgan fingerprint density at radius 1 is 0.864 bits per heavy atom. The highest BCUT2D eigenvalue weighted by Gasteiger charge is 2.15. The maximum atomic E-state index is 4.57. The second-order valence-corrected chi connectivity index (χ2v) is 7.90. The quantitative estimate of drug-likeness (QED) is 0.387. The summed E-state index contributed by atoms with van der Waals surface area (Å²) in [4.78, 5) is 4.57. The number of nitrogens with zero attached hydrogens (tertiary/aromatic N) is 1. The first kappa shape index (κ1) is 19.9. The first-order valence-electron chi connectivity index (χ1n) is 9.81. The molecule has 0 aromatic carbocycles. The molecule has 1 rings (SSSR count). The summed E-state index contributed by atoms with van der Waals surface area (Å²) in [5.74, 6) is 0. The molecule has 0 aromatic rings. The molecular weight excluding hydrogens is 288 g/mol. The lowest BCUT2D eigenvalue weighted by molar-refractivity contribution is 0.546. The van der Waals surface area contributed by atoms with Crippen molar-refractivity contribution in [3.05, 3.63) is 0 Å². The van der Waals surface area contributed by atoms with Crippen LogP contribution in [0.15, 0.2) is 4.99 Å². The molecule has 0 amide bonds. The highest BCUT2D eigenvalue weighted by atomic mass is 32.2. The van der Waals surface area contributed by atoms with Gasteiger partial charge in [0, 0.05) is 11.8 Å². The van der Waals surface area contributed by atoms with Gasteiger partial charge < -0.3 is 5.32 Å². The van der Waals surface area contributed by atoms with Crippen molar-refractivity contribution < 1.29 is 0 Å². The fourth-order valence-electron chi connectivity index (χ4n) is 3.00. The molecule has 1 atom stereocenters. The summed E-state index contributed by atoms with van der Waals surface area (Å²) in [6.07, 6.45) is 18.2. The van der Waals surface area contributed by atoms with E-state index in [4.69, 9.17) is 0 Å². The molecule has 0 aromatic heterocycles. The van der Waals surface area contributed by atoms with Crippen molar-refractivity contribution in [2.24, 2.45) is 4.99 Å². The van der Waals surface area contributed by atoms with E-state index >= 15 is 0 Å². The number of hydrogen-bond donors (Lipinski definition) is 1. The van der Waals surface area contributed by atoms with Gasteiger partial charge in [-0.1, -0.05) is 96.2 Å². The van der Waals surface area contributed by atoms with Crippen molar-refractivity contribution in [3.8, 4) is 0 Å². The number of rotatable bonds is 14. The van der Waals surface area contributed by atoms with Crippen LogP contribution in [-0.2, 0) is 0 Å². The molecule has 1 aliphatic rings. The van der Waals surface area contributed by atoms with Gasteiger partial charge in [0.25, 0.3) is 0 Å². The molecule has 0 radical (unpaired) electrons. The van der Waals surface area contributed by atoms with Crippen molar-refractivity contribution in [1.82, 2.24) is 5.32 Å². The summed E-state index contributed by atoms with van der Waals surface area (Å²) in [5.41, 5.74) is 0. The van der Waals surface area contributed by atoms with E-state index in [1.165, 1.54) is 88.6 Å². The molecular formula is C19H38N2S. The van der Waals surface area contributed by atoms with E-state index in [0.29, 0.717) is 0 Å². The van der Waals surface area contributed by atoms with Crippen molar-refractivity contribution >= 4 is 16.9 Å². The molecule has 0 saturated carbocycles. The minimum absolute atomic E-state index is 0.789. The van der Waals surface area contributed by atoms with Crippen molar-refractivity contribution in [2.75, 3.05) is 13.1 Å². The summed E-state index contributed by atoms with van der Waals surface area (Å²) in [6, 6.07) is 0. The predicted molar refractivity (Wildman–Crippen MR) is 103 cm³/mol. The average Bonchev–Trinajstić information content (AvgIpc) is 3.03. The van der Waals surface area contributed by atoms with Crippen LogP contribution in [0.3, 0.4) is 0 Å². The lowest BCUT2D eigenvalue weighted by Gasteiger charge is -2.16. The largest absolute Gasteiger partial charge is 0.363 e. The normalized spacial score (nSPS) is 15.6. The lowest BCUT2D eigenvalue weighted by atomic mass is 10.0. The van der Waals surface area contributed by atoms with Gasteiger partial charge in [0.15, 0.2) is 5.17 Å². The van der Waals surface area contributed by atoms with E-state index in [2.05, 4.69) is 24.2 Å². The number of thioether (sulfide) groups is 1. The Morgan fingerprint density at radius 3 is 1.95 bits per heavy atom. The first-order valence-corrected chi connectivity index (χ1v) is 10.7. The minimum atomic E-state index is 0.789. The summed E-state index contributed by atoms with van der Waals surface area (Å²) in [5, 5.41) is 5.43. The molecule has 1 N–H and O–H groups in total. The Balaban J connectivity index is 2.13. The van der Waals surface area contributed by atoms with Gasteiger partial charge in [-0.25, -0.2) is 0 Å². The standard InChI is InChI=1S/C19H38N2S/c1-3-5-7-9-10-11-13-15-18(14-12-8-6-4-2)22-19-20-16-17-21-19/h18H,3-17H2,1-2H3,(H,20,21). The van der Waals surface area contributed by atoms with Gasteiger partial charge in [0.2, 0.25) is 0 Å². The molecule has 0 fully saturated rings. The molecule has 0 aliphatic carbocycles. The third kappa shape index (κ3) is 10.5. The molecule has 3 heteroatoms. The van der Waals surface area contributed by atoms with Gasteiger partial charge in [-0.2, -0.15) is 0 Å². The maximum Gasteiger partial charge on any atom is 0.156 e. The third-order valence-electron chi connectivity index (χ3n) is 4.43. The Kier molecular flexibility index (Phi) is 13.0. The van der Waals surface area contributed by atoms with Gasteiger partial charge in [0.1, 0.15) is 0 Å². The lowest BCUT2D eigenvalue weighted by Crippen LogP contribution is -2.18. The molecule has 130 valence electrons. The summed E-state index contributed by atoms with van der Waals surface area (Å²) >= 11 is 2.02. The van der Waals surface area contributed by atoms with Crippen LogP contribution in [0.2, 0.25) is 0 Å². The molecule has 2 nitrogen and oxygen atoms in total. The van der Waals surface area contributed by atoms with Crippen LogP contribution in [0.1, 0.15) is 97.3 Å². The number of amidine groups is 1. The summed E-state index contributed by atoms with van der Waals surface area (Å²) < 4.78 is 0. The van der Waals surface area contributed by atoms with Crippen LogP contribution in [0.4, 0.5) is 0 Å². The van der Waals surface area contributed by atoms with E-state index in [1.807, 2.05) is 11.8 Å². The van der Waals surface area contributed by atoms with Crippen molar-refractivity contribution in [3.63, 3.8) is 0 Å². The topological polar surface area (TPSA) is 24.4 Å². The Morgan fingerprint density at radius 2 is 1.41 bits per heavy atom. The number of nitrogens with one attached hydrogen (secondary N) is 1. The van der Waals surface area contributed by atoms with E-state index in [1.54, 1.807) is 0 Å². The van der Waals surface area contributed by atoms with Crippen LogP contribution < -0.4 is 5.32 Å². The molecule has 22 heavy (non-hydrogen) atoms. The minimum Gasteiger partial charge on any atom is -0.363 e. The van der Waals surface area contributed by atoms with Gasteiger partial charge in [-0.05, 0) is 12.8 Å². The smallest absolute Gasteiger partial charge is 0.156 e. The van der Waals surface area contributed by atoms with Gasteiger partial charge in [0.05, 0.1) is 6.54 Å². The molecule has 1 unspecified atom stereocenters. The average molecular weight is 327 g/mol. The van der Waals surface area contributed by atoms with Crippen LogP contribution in [0, 0.1) is 0 Å². The highest BCUT2D eigenvalue weighted by molar-refractivity contribution is 8.14. The van der Waals surface area contributed by atoms with Gasteiger partial charge in [-0.3, -0.25) is 4.99 Å². The third-order valence-corrected chi connectivity index (χ3v) is 5.73. The van der Waals surface area contributed by atoms with Gasteiger partial charge in [-0.15, -0.1) is 0 Å². The van der Waals surface area contributed by atoms with Crippen LogP contribution >= 0.6 is 11.8 Å². The van der Waals surface area contributed by atoms with E-state index < -0.39 is 0 Å². The summed E-state index contributed by atoms with van der Waals surface area (Å²) in [7, 11) is 0. The highest BCUT2D eigenvalue weighted by Crippen LogP contribution is 2.25. The maximum absolute atomic E-state index is 4.57. The van der Waals surface area contributed by atoms with Crippen molar-refractivity contribution in [1.29, 1.82) is 0 Å². The van der Waals surface area contributed by atoms with Crippen LogP contribution in [-0.4, -0.2) is 23.5 Å². The SMILES string of the molecule is CCCCCCCCCC(CCCCCC)SC1=NCCN1. The van der Waals surface area contributed by atoms with E-state index in [0.717, 1.165) is 18.3 Å².